The van der Waals surface area contributed by atoms with Crippen LogP contribution in [0.2, 0.25) is 0 Å². The molecule has 0 N–H and O–H groups in total. The molecule has 1 aromatic carbocycles. The summed E-state index contributed by atoms with van der Waals surface area (Å²) < 4.78 is 19.4. The molecule has 0 saturated carbocycles. The van der Waals surface area contributed by atoms with Crippen LogP contribution in [0.3, 0.4) is 0 Å². The molecule has 1 unspecified atom stereocenters. The molecule has 0 heterocycles. The van der Waals surface area contributed by atoms with Gasteiger partial charge in [-0.1, -0.05) is 19.1 Å². The molecule has 0 bridgehead atoms. The van der Waals surface area contributed by atoms with Gasteiger partial charge in [0.1, 0.15) is 0 Å². The van der Waals surface area contributed by atoms with E-state index >= 15 is 0 Å². The summed E-state index contributed by atoms with van der Waals surface area (Å²) in [6.07, 6.45) is 0.847. The number of benzene rings is 1. The van der Waals surface area contributed by atoms with Crippen LogP contribution in [0.4, 0.5) is 0 Å². The highest BCUT2D eigenvalue weighted by atomic mass is 31.1. The Morgan fingerprint density at radius 1 is 1.14 bits per heavy atom. The van der Waals surface area contributed by atoms with Gasteiger partial charge in [0, 0.05) is 0 Å². The van der Waals surface area contributed by atoms with Gasteiger partial charge in [0.25, 0.3) is 0 Å². The molecule has 14 heavy (non-hydrogen) atoms. The lowest BCUT2D eigenvalue weighted by atomic mass is 10.3. The Labute approximate surface area is 86.2 Å². The minimum Gasteiger partial charge on any atom is -0.493 e. The Bertz CT molecular complexity index is 240. The minimum atomic E-state index is -0.468. The predicted octanol–water partition coefficient (Wildman–Crippen LogP) is 2.47. The van der Waals surface area contributed by atoms with Gasteiger partial charge in [-0.2, -0.15) is 0 Å². The van der Waals surface area contributed by atoms with Crippen LogP contribution in [0.5, 0.6) is 11.5 Å². The lowest BCUT2D eigenvalue weighted by Crippen LogP contribution is -1.88. The Kier molecular flexibility index (Phi) is 8.05. The first-order valence-corrected chi connectivity index (χ1v) is 5.69. The summed E-state index contributed by atoms with van der Waals surface area (Å²) >= 11 is 0. The van der Waals surface area contributed by atoms with Gasteiger partial charge in [-0.05, 0) is 18.3 Å². The van der Waals surface area contributed by atoms with Crippen molar-refractivity contribution < 1.29 is 14.0 Å². The highest BCUT2D eigenvalue weighted by molar-refractivity contribution is 7.23. The molecule has 0 saturated heterocycles. The highest BCUT2D eigenvalue weighted by Crippen LogP contribution is 2.24. The molecule has 0 aromatic heterocycles. The second kappa shape index (κ2) is 8.64. The second-order valence-electron chi connectivity index (χ2n) is 2.43. The van der Waals surface area contributed by atoms with Gasteiger partial charge in [0.15, 0.2) is 11.5 Å². The van der Waals surface area contributed by atoms with E-state index in [1.165, 1.54) is 0 Å². The summed E-state index contributed by atoms with van der Waals surface area (Å²) in [6.45, 7) is 1.91. The first-order chi connectivity index (χ1) is 6.79. The summed E-state index contributed by atoms with van der Waals surface area (Å²) in [7, 11) is 2.78. The van der Waals surface area contributed by atoms with E-state index in [1.54, 1.807) is 14.2 Å². The molecule has 0 aliphatic rings. The van der Waals surface area contributed by atoms with Crippen molar-refractivity contribution in [2.45, 2.75) is 6.92 Å². The number of methoxy groups -OCH3 is 2. The van der Waals surface area contributed by atoms with Gasteiger partial charge >= 0.3 is 0 Å². The third-order valence-corrected chi connectivity index (χ3v) is 1.79. The third-order valence-electron chi connectivity index (χ3n) is 1.46. The summed E-state index contributed by atoms with van der Waals surface area (Å²) in [6, 6.07) is 7.53. The summed E-state index contributed by atoms with van der Waals surface area (Å²) in [4.78, 5) is 0. The molecule has 4 heteroatoms. The molecule has 0 fully saturated rings. The quantitative estimate of drug-likeness (QED) is 0.728. The minimum absolute atomic E-state index is 0.468. The topological polar surface area (TPSA) is 35.5 Å². The van der Waals surface area contributed by atoms with E-state index < -0.39 is 8.46 Å². The largest absolute Gasteiger partial charge is 0.493 e. The molecule has 3 nitrogen and oxygen atoms in total. The van der Waals surface area contributed by atoms with Gasteiger partial charge in [-0.3, -0.25) is 0 Å². The normalized spacial score (nSPS) is 9.36. The SMILES string of the molecule is CC[PH2]=O.COc1ccccc1OC. The van der Waals surface area contributed by atoms with Crippen molar-refractivity contribution in [3.8, 4) is 11.5 Å². The van der Waals surface area contributed by atoms with Crippen molar-refractivity contribution in [1.29, 1.82) is 0 Å². The molecule has 0 spiro atoms. The number of ether oxygens (including phenoxy) is 2. The smallest absolute Gasteiger partial charge is 0.160 e. The van der Waals surface area contributed by atoms with Crippen LogP contribution in [-0.4, -0.2) is 20.4 Å². The highest BCUT2D eigenvalue weighted by Gasteiger charge is 1.97. The van der Waals surface area contributed by atoms with Crippen LogP contribution < -0.4 is 9.47 Å². The Hall–Kier alpha value is -0.950. The summed E-state index contributed by atoms with van der Waals surface area (Å²) in [5.74, 6) is 1.54. The van der Waals surface area contributed by atoms with Crippen molar-refractivity contribution in [1.82, 2.24) is 0 Å². The Morgan fingerprint density at radius 2 is 1.50 bits per heavy atom. The summed E-state index contributed by atoms with van der Waals surface area (Å²) in [5.41, 5.74) is 0. The van der Waals surface area contributed by atoms with Crippen LogP contribution in [0, 0.1) is 0 Å². The maximum absolute atomic E-state index is 9.38. The maximum atomic E-state index is 9.38. The van der Waals surface area contributed by atoms with Crippen molar-refractivity contribution >= 4 is 8.46 Å². The molecule has 0 amide bonds. The molecule has 1 atom stereocenters. The molecule has 0 aliphatic carbocycles. The van der Waals surface area contributed by atoms with E-state index in [0.717, 1.165) is 17.7 Å². The van der Waals surface area contributed by atoms with E-state index in [4.69, 9.17) is 9.47 Å². The zero-order valence-electron chi connectivity index (χ0n) is 8.82. The lowest BCUT2D eigenvalue weighted by Gasteiger charge is -2.04. The molecule has 1 aromatic rings. The maximum Gasteiger partial charge on any atom is 0.160 e. The van der Waals surface area contributed by atoms with Crippen molar-refractivity contribution in [2.24, 2.45) is 0 Å². The molecular weight excluding hydrogens is 199 g/mol. The second-order valence-corrected chi connectivity index (χ2v) is 3.58. The van der Waals surface area contributed by atoms with E-state index in [-0.39, 0.29) is 0 Å². The van der Waals surface area contributed by atoms with E-state index in [2.05, 4.69) is 0 Å². The van der Waals surface area contributed by atoms with Crippen LogP contribution in [0.25, 0.3) is 0 Å². The molecular formula is C10H17O3P. The number of para-hydroxylation sites is 2. The van der Waals surface area contributed by atoms with Crippen molar-refractivity contribution in [3.05, 3.63) is 24.3 Å². The zero-order chi connectivity index (χ0) is 10.8. The Morgan fingerprint density at radius 3 is 1.71 bits per heavy atom. The summed E-state index contributed by atoms with van der Waals surface area (Å²) in [5, 5.41) is 0. The van der Waals surface area contributed by atoms with Gasteiger partial charge in [0.2, 0.25) is 0 Å². The lowest BCUT2D eigenvalue weighted by molar-refractivity contribution is 0.355. The van der Waals surface area contributed by atoms with E-state index in [1.807, 2.05) is 31.2 Å². The van der Waals surface area contributed by atoms with Crippen LogP contribution in [0.15, 0.2) is 24.3 Å². The standard InChI is InChI=1S/C8H10O2.C2H7OP/c1-9-7-5-3-4-6-8(7)10-2;1-2-4-3/h3-6H,1-2H3;2,4H2,1H3. The first-order valence-electron chi connectivity index (χ1n) is 4.40. The number of hydrogen-bond donors (Lipinski definition) is 0. The molecule has 1 rings (SSSR count). The average molecular weight is 216 g/mol. The van der Waals surface area contributed by atoms with Gasteiger partial charge < -0.3 is 14.0 Å². The van der Waals surface area contributed by atoms with E-state index in [9.17, 15) is 4.57 Å². The predicted molar refractivity (Wildman–Crippen MR) is 60.5 cm³/mol. The van der Waals surface area contributed by atoms with Gasteiger partial charge in [-0.15, -0.1) is 0 Å². The zero-order valence-corrected chi connectivity index (χ0v) is 9.97. The monoisotopic (exact) mass is 216 g/mol. The molecule has 80 valence electrons. The fraction of sp³-hybridized carbons (Fsp3) is 0.400. The van der Waals surface area contributed by atoms with Crippen molar-refractivity contribution in [3.63, 3.8) is 0 Å². The molecule has 0 radical (unpaired) electrons. The Balaban J connectivity index is 0.000000364. The number of hydrogen-bond acceptors (Lipinski definition) is 3. The fourth-order valence-corrected chi connectivity index (χ4v) is 0.787. The number of rotatable bonds is 3. The van der Waals surface area contributed by atoms with Gasteiger partial charge in [-0.25, -0.2) is 0 Å². The molecule has 0 aliphatic heterocycles. The van der Waals surface area contributed by atoms with Crippen LogP contribution in [0.1, 0.15) is 6.92 Å². The fourth-order valence-electron chi connectivity index (χ4n) is 0.787. The van der Waals surface area contributed by atoms with Crippen molar-refractivity contribution in [2.75, 3.05) is 20.4 Å². The third kappa shape index (κ3) is 4.93. The van der Waals surface area contributed by atoms with Crippen LogP contribution in [-0.2, 0) is 4.57 Å². The average Bonchev–Trinajstić information content (AvgIpc) is 2.29. The van der Waals surface area contributed by atoms with Crippen LogP contribution >= 0.6 is 8.46 Å². The van der Waals surface area contributed by atoms with E-state index in [0.29, 0.717) is 0 Å². The first kappa shape index (κ1) is 13.1. The van der Waals surface area contributed by atoms with Gasteiger partial charge in [0.05, 0.1) is 22.7 Å².